The third kappa shape index (κ3) is 2.87. The largest absolute Gasteiger partial charge is 0.478 e. The summed E-state index contributed by atoms with van der Waals surface area (Å²) in [6.07, 6.45) is 1.48. The summed E-state index contributed by atoms with van der Waals surface area (Å²) in [6.45, 7) is 1.92. The van der Waals surface area contributed by atoms with Crippen LogP contribution in [0, 0.1) is 6.92 Å². The molecule has 0 saturated heterocycles. The van der Waals surface area contributed by atoms with E-state index in [0.29, 0.717) is 11.3 Å². The molecule has 0 saturated carbocycles. The van der Waals surface area contributed by atoms with E-state index in [0.717, 1.165) is 22.0 Å². The lowest BCUT2D eigenvalue weighted by molar-refractivity contribution is 0.0697. The Bertz CT molecular complexity index is 798. The third-order valence-corrected chi connectivity index (χ3v) is 4.00. The van der Waals surface area contributed by atoms with Crippen LogP contribution in [0.2, 0.25) is 0 Å². The minimum absolute atomic E-state index is 0.294. The van der Waals surface area contributed by atoms with Crippen molar-refractivity contribution in [2.45, 2.75) is 17.7 Å². The van der Waals surface area contributed by atoms with Crippen molar-refractivity contribution in [1.82, 2.24) is 19.6 Å². The zero-order valence-corrected chi connectivity index (χ0v) is 12.0. The molecule has 0 aliphatic rings. The van der Waals surface area contributed by atoms with Crippen molar-refractivity contribution >= 4 is 23.5 Å². The van der Waals surface area contributed by atoms with Gasteiger partial charge in [0.15, 0.2) is 0 Å². The molecule has 6 nitrogen and oxygen atoms in total. The van der Waals surface area contributed by atoms with Crippen molar-refractivity contribution in [3.8, 4) is 0 Å². The van der Waals surface area contributed by atoms with Gasteiger partial charge in [0.05, 0.1) is 5.56 Å². The van der Waals surface area contributed by atoms with Crippen molar-refractivity contribution < 1.29 is 9.90 Å². The van der Waals surface area contributed by atoms with Crippen LogP contribution >= 0.6 is 11.8 Å². The van der Waals surface area contributed by atoms with Crippen molar-refractivity contribution in [1.29, 1.82) is 0 Å². The van der Waals surface area contributed by atoms with E-state index in [2.05, 4.69) is 15.1 Å². The third-order valence-electron chi connectivity index (χ3n) is 2.93. The lowest BCUT2D eigenvalue weighted by Crippen LogP contribution is -1.98. The molecule has 0 fully saturated rings. The van der Waals surface area contributed by atoms with Crippen molar-refractivity contribution in [2.75, 3.05) is 0 Å². The van der Waals surface area contributed by atoms with Gasteiger partial charge in [0.25, 0.3) is 5.78 Å². The van der Waals surface area contributed by atoms with Crippen molar-refractivity contribution in [3.05, 3.63) is 53.5 Å². The first-order chi connectivity index (χ1) is 10.1. The summed E-state index contributed by atoms with van der Waals surface area (Å²) >= 11 is 1.61. The molecule has 1 N–H and O–H groups in total. The summed E-state index contributed by atoms with van der Waals surface area (Å²) < 4.78 is 1.70. The quantitative estimate of drug-likeness (QED) is 0.589. The SMILES string of the molecule is Cc1cc(SCc2ccc(C(=O)O)cc2)n2ncnc2n1. The molecule has 2 aromatic heterocycles. The van der Waals surface area contributed by atoms with Gasteiger partial charge < -0.3 is 5.11 Å². The molecule has 0 amide bonds. The van der Waals surface area contributed by atoms with Crippen LogP contribution in [0.25, 0.3) is 5.78 Å². The minimum atomic E-state index is -0.914. The molecule has 0 atom stereocenters. The molecule has 0 spiro atoms. The second-order valence-electron chi connectivity index (χ2n) is 4.50. The predicted molar refractivity (Wildman–Crippen MR) is 78.5 cm³/mol. The number of aryl methyl sites for hydroxylation is 1. The standard InChI is InChI=1S/C14H12N4O2S/c1-9-6-12(18-14(17-9)15-8-16-18)21-7-10-2-4-11(5-3-10)13(19)20/h2-6,8H,7H2,1H3,(H,19,20). The zero-order valence-electron chi connectivity index (χ0n) is 11.2. The summed E-state index contributed by atoms with van der Waals surface area (Å²) in [5.74, 6) is 0.389. The monoisotopic (exact) mass is 300 g/mol. The van der Waals surface area contributed by atoms with Crippen LogP contribution in [0.3, 0.4) is 0 Å². The number of carbonyl (C=O) groups is 1. The Labute approximate surface area is 124 Å². The van der Waals surface area contributed by atoms with Gasteiger partial charge in [-0.25, -0.2) is 9.78 Å². The van der Waals surface area contributed by atoms with E-state index < -0.39 is 5.97 Å². The summed E-state index contributed by atoms with van der Waals surface area (Å²) in [6, 6.07) is 8.83. The van der Waals surface area contributed by atoms with Crippen LogP contribution in [0.5, 0.6) is 0 Å². The van der Waals surface area contributed by atoms with E-state index >= 15 is 0 Å². The maximum Gasteiger partial charge on any atom is 0.335 e. The lowest BCUT2D eigenvalue weighted by Gasteiger charge is -2.05. The van der Waals surface area contributed by atoms with Gasteiger partial charge in [0, 0.05) is 11.4 Å². The molecule has 2 heterocycles. The molecule has 0 radical (unpaired) electrons. The zero-order chi connectivity index (χ0) is 14.8. The molecule has 0 unspecified atom stereocenters. The fourth-order valence-electron chi connectivity index (χ4n) is 1.90. The molecule has 0 aliphatic carbocycles. The van der Waals surface area contributed by atoms with E-state index in [9.17, 15) is 4.79 Å². The highest BCUT2D eigenvalue weighted by Gasteiger charge is 2.07. The summed E-state index contributed by atoms with van der Waals surface area (Å²) in [5, 5.41) is 14.0. The van der Waals surface area contributed by atoms with Crippen LogP contribution < -0.4 is 0 Å². The molecule has 3 aromatic rings. The number of thioether (sulfide) groups is 1. The Kier molecular flexibility index (Phi) is 3.57. The maximum absolute atomic E-state index is 10.8. The number of fused-ring (bicyclic) bond motifs is 1. The second-order valence-corrected chi connectivity index (χ2v) is 5.49. The molecule has 7 heteroatoms. The fraction of sp³-hybridized carbons (Fsp3) is 0.143. The molecule has 1 aromatic carbocycles. The summed E-state index contributed by atoms with van der Waals surface area (Å²) in [7, 11) is 0. The van der Waals surface area contributed by atoms with Gasteiger partial charge in [-0.2, -0.15) is 14.6 Å². The highest BCUT2D eigenvalue weighted by Crippen LogP contribution is 2.23. The number of carboxylic acids is 1. The Morgan fingerprint density at radius 2 is 2.10 bits per heavy atom. The predicted octanol–water partition coefficient (Wildman–Crippen LogP) is 2.42. The van der Waals surface area contributed by atoms with Gasteiger partial charge in [0.2, 0.25) is 0 Å². The Morgan fingerprint density at radius 3 is 2.81 bits per heavy atom. The number of rotatable bonds is 4. The first kappa shape index (κ1) is 13.6. The average Bonchev–Trinajstić information content (AvgIpc) is 2.93. The van der Waals surface area contributed by atoms with E-state index in [4.69, 9.17) is 5.11 Å². The van der Waals surface area contributed by atoms with Crippen LogP contribution in [0.1, 0.15) is 21.6 Å². The molecule has 106 valence electrons. The topological polar surface area (TPSA) is 80.4 Å². The Hall–Kier alpha value is -2.41. The van der Waals surface area contributed by atoms with E-state index in [1.807, 2.05) is 25.1 Å². The van der Waals surface area contributed by atoms with Crippen LogP contribution in [0.15, 0.2) is 41.7 Å². The van der Waals surface area contributed by atoms with Gasteiger partial charge in [0.1, 0.15) is 11.4 Å². The molecule has 21 heavy (non-hydrogen) atoms. The van der Waals surface area contributed by atoms with Gasteiger partial charge in [-0.15, -0.1) is 11.8 Å². The Morgan fingerprint density at radius 1 is 1.33 bits per heavy atom. The van der Waals surface area contributed by atoms with Crippen molar-refractivity contribution in [2.24, 2.45) is 0 Å². The molecule has 3 rings (SSSR count). The minimum Gasteiger partial charge on any atom is -0.478 e. The summed E-state index contributed by atoms with van der Waals surface area (Å²) in [4.78, 5) is 19.2. The Balaban J connectivity index is 1.80. The highest BCUT2D eigenvalue weighted by molar-refractivity contribution is 7.98. The van der Waals surface area contributed by atoms with Gasteiger partial charge in [-0.05, 0) is 30.7 Å². The normalized spacial score (nSPS) is 10.9. The number of hydrogen-bond acceptors (Lipinski definition) is 5. The molecular weight excluding hydrogens is 288 g/mol. The van der Waals surface area contributed by atoms with Gasteiger partial charge in [-0.1, -0.05) is 12.1 Å². The average molecular weight is 300 g/mol. The van der Waals surface area contributed by atoms with E-state index in [1.165, 1.54) is 6.33 Å². The van der Waals surface area contributed by atoms with E-state index in [1.54, 1.807) is 28.4 Å². The fourth-order valence-corrected chi connectivity index (χ4v) is 2.91. The smallest absolute Gasteiger partial charge is 0.335 e. The molecule has 0 bridgehead atoms. The van der Waals surface area contributed by atoms with Crippen LogP contribution in [-0.2, 0) is 5.75 Å². The van der Waals surface area contributed by atoms with E-state index in [-0.39, 0.29) is 0 Å². The molecular formula is C14H12N4O2S. The number of aromatic carboxylic acids is 1. The number of aromatic nitrogens is 4. The molecule has 0 aliphatic heterocycles. The van der Waals surface area contributed by atoms with Crippen molar-refractivity contribution in [3.63, 3.8) is 0 Å². The first-order valence-electron chi connectivity index (χ1n) is 6.26. The second kappa shape index (κ2) is 5.53. The number of nitrogens with zero attached hydrogens (tertiary/aromatic N) is 4. The van der Waals surface area contributed by atoms with Gasteiger partial charge >= 0.3 is 5.97 Å². The number of benzene rings is 1. The van der Waals surface area contributed by atoms with Crippen LogP contribution in [0.4, 0.5) is 0 Å². The lowest BCUT2D eigenvalue weighted by atomic mass is 10.1. The first-order valence-corrected chi connectivity index (χ1v) is 7.24. The number of hydrogen-bond donors (Lipinski definition) is 1. The summed E-state index contributed by atoms with van der Waals surface area (Å²) in [5.41, 5.74) is 2.23. The number of carboxylic acid groups (broad SMARTS) is 1. The van der Waals surface area contributed by atoms with Gasteiger partial charge in [-0.3, -0.25) is 0 Å². The highest BCUT2D eigenvalue weighted by atomic mass is 32.2. The maximum atomic E-state index is 10.8. The van der Waals surface area contributed by atoms with Crippen LogP contribution in [-0.4, -0.2) is 30.7 Å².